The first-order valence-electron chi connectivity index (χ1n) is 4.14. The predicted molar refractivity (Wildman–Crippen MR) is 48.9 cm³/mol. The lowest BCUT2D eigenvalue weighted by molar-refractivity contribution is 0.175. The van der Waals surface area contributed by atoms with Gasteiger partial charge in [0, 0.05) is 5.39 Å². The molecule has 2 nitrogen and oxygen atoms in total. The van der Waals surface area contributed by atoms with Gasteiger partial charge in [-0.15, -0.1) is 0 Å². The van der Waals surface area contributed by atoms with Crippen LogP contribution in [-0.4, -0.2) is 6.79 Å². The molecule has 2 heteroatoms. The van der Waals surface area contributed by atoms with Gasteiger partial charge in [-0.1, -0.05) is 24.3 Å². The Morgan fingerprint density at radius 1 is 1.15 bits per heavy atom. The standard InChI is InChI=1S/C11H7O2/c1-2-4-9-8(3-1)5-6-10-11(9)13-7-12-10/h1-3,5-6H,7H2. The van der Waals surface area contributed by atoms with Crippen LogP contribution in [0.4, 0.5) is 0 Å². The summed E-state index contributed by atoms with van der Waals surface area (Å²) >= 11 is 0. The monoisotopic (exact) mass is 171 g/mol. The fourth-order valence-corrected chi connectivity index (χ4v) is 1.56. The van der Waals surface area contributed by atoms with Crippen molar-refractivity contribution in [3.05, 3.63) is 36.4 Å². The molecule has 1 aliphatic heterocycles. The minimum Gasteiger partial charge on any atom is -0.454 e. The van der Waals surface area contributed by atoms with E-state index >= 15 is 0 Å². The molecule has 0 aliphatic carbocycles. The summed E-state index contributed by atoms with van der Waals surface area (Å²) in [6, 6.07) is 13.0. The summed E-state index contributed by atoms with van der Waals surface area (Å²) in [5.41, 5.74) is 0. The minimum absolute atomic E-state index is 0.317. The lowest BCUT2D eigenvalue weighted by Gasteiger charge is -2.00. The second-order valence-electron chi connectivity index (χ2n) is 2.93. The Bertz CT molecular complexity index is 463. The average molecular weight is 171 g/mol. The molecule has 0 N–H and O–H groups in total. The van der Waals surface area contributed by atoms with E-state index in [-0.39, 0.29) is 0 Å². The van der Waals surface area contributed by atoms with Gasteiger partial charge in [-0.3, -0.25) is 0 Å². The molecule has 0 amide bonds. The maximum absolute atomic E-state index is 5.36. The molecule has 0 bridgehead atoms. The minimum atomic E-state index is 0.317. The Morgan fingerprint density at radius 3 is 3.15 bits per heavy atom. The van der Waals surface area contributed by atoms with Crippen molar-refractivity contribution in [1.29, 1.82) is 0 Å². The maximum atomic E-state index is 5.36. The van der Waals surface area contributed by atoms with Crippen molar-refractivity contribution < 1.29 is 9.47 Å². The van der Waals surface area contributed by atoms with Crippen LogP contribution in [0.5, 0.6) is 11.5 Å². The van der Waals surface area contributed by atoms with Gasteiger partial charge in [0.15, 0.2) is 11.5 Å². The highest BCUT2D eigenvalue weighted by molar-refractivity contribution is 5.90. The van der Waals surface area contributed by atoms with E-state index in [1.54, 1.807) is 0 Å². The average Bonchev–Trinajstić information content (AvgIpc) is 2.65. The Hall–Kier alpha value is -1.70. The van der Waals surface area contributed by atoms with Gasteiger partial charge in [-0.25, -0.2) is 0 Å². The second-order valence-corrected chi connectivity index (χ2v) is 2.93. The molecular weight excluding hydrogens is 164 g/mol. The zero-order valence-corrected chi connectivity index (χ0v) is 6.91. The van der Waals surface area contributed by atoms with Gasteiger partial charge in [0.05, 0.1) is 0 Å². The lowest BCUT2D eigenvalue weighted by Crippen LogP contribution is -1.93. The fourth-order valence-electron chi connectivity index (χ4n) is 1.56. The van der Waals surface area contributed by atoms with Crippen LogP contribution < -0.4 is 9.47 Å². The molecule has 2 aromatic carbocycles. The van der Waals surface area contributed by atoms with Crippen molar-refractivity contribution in [2.24, 2.45) is 0 Å². The number of hydrogen-bond donors (Lipinski definition) is 0. The van der Waals surface area contributed by atoms with Gasteiger partial charge in [0.25, 0.3) is 0 Å². The fraction of sp³-hybridized carbons (Fsp3) is 0.0909. The molecule has 1 aliphatic rings. The molecule has 1 heterocycles. The number of fused-ring (bicyclic) bond motifs is 3. The molecule has 2 aromatic rings. The predicted octanol–water partition coefficient (Wildman–Crippen LogP) is 2.37. The number of rotatable bonds is 0. The normalized spacial score (nSPS) is 13.5. The topological polar surface area (TPSA) is 18.5 Å². The van der Waals surface area contributed by atoms with Crippen molar-refractivity contribution in [3.63, 3.8) is 0 Å². The van der Waals surface area contributed by atoms with Crippen molar-refractivity contribution in [2.75, 3.05) is 6.79 Å². The summed E-state index contributed by atoms with van der Waals surface area (Å²) < 4.78 is 10.6. The summed E-state index contributed by atoms with van der Waals surface area (Å²) in [5, 5.41) is 2.13. The van der Waals surface area contributed by atoms with E-state index in [2.05, 4.69) is 6.07 Å². The highest BCUT2D eigenvalue weighted by Gasteiger charge is 2.15. The molecule has 0 saturated carbocycles. The van der Waals surface area contributed by atoms with Gasteiger partial charge in [0.1, 0.15) is 0 Å². The molecule has 63 valence electrons. The molecule has 0 fully saturated rings. The Morgan fingerprint density at radius 2 is 2.15 bits per heavy atom. The second kappa shape index (κ2) is 2.39. The third-order valence-electron chi connectivity index (χ3n) is 2.17. The van der Waals surface area contributed by atoms with Crippen molar-refractivity contribution in [3.8, 4) is 11.5 Å². The van der Waals surface area contributed by atoms with Crippen molar-refractivity contribution in [1.82, 2.24) is 0 Å². The van der Waals surface area contributed by atoms with Gasteiger partial charge >= 0.3 is 0 Å². The van der Waals surface area contributed by atoms with Gasteiger partial charge < -0.3 is 9.47 Å². The first kappa shape index (κ1) is 6.78. The smallest absolute Gasteiger partial charge is 0.231 e. The van der Waals surface area contributed by atoms with Crippen molar-refractivity contribution in [2.45, 2.75) is 0 Å². The highest BCUT2D eigenvalue weighted by Crippen LogP contribution is 2.38. The van der Waals surface area contributed by atoms with E-state index in [1.807, 2.05) is 30.3 Å². The molecule has 13 heavy (non-hydrogen) atoms. The maximum Gasteiger partial charge on any atom is 0.231 e. The van der Waals surface area contributed by atoms with Crippen LogP contribution in [0.3, 0.4) is 0 Å². The Kier molecular flexibility index (Phi) is 1.25. The Labute approximate surface area is 75.7 Å². The van der Waals surface area contributed by atoms with E-state index in [9.17, 15) is 0 Å². The quantitative estimate of drug-likeness (QED) is 0.605. The first-order chi connectivity index (χ1) is 6.45. The lowest BCUT2D eigenvalue weighted by atomic mass is 10.1. The van der Waals surface area contributed by atoms with Crippen LogP contribution in [0.25, 0.3) is 10.8 Å². The van der Waals surface area contributed by atoms with Crippen LogP contribution in [0, 0.1) is 6.07 Å². The number of hydrogen-bond acceptors (Lipinski definition) is 2. The van der Waals surface area contributed by atoms with Gasteiger partial charge in [-0.05, 0) is 17.5 Å². The molecule has 0 atom stereocenters. The summed E-state index contributed by atoms with van der Waals surface area (Å²) in [4.78, 5) is 0. The molecule has 0 saturated heterocycles. The molecule has 3 rings (SSSR count). The molecule has 0 aromatic heterocycles. The van der Waals surface area contributed by atoms with E-state index in [4.69, 9.17) is 9.47 Å². The van der Waals surface area contributed by atoms with Crippen LogP contribution in [0.1, 0.15) is 0 Å². The molecule has 0 spiro atoms. The van der Waals surface area contributed by atoms with Gasteiger partial charge in [0.2, 0.25) is 6.79 Å². The summed E-state index contributed by atoms with van der Waals surface area (Å²) in [6.45, 7) is 0.317. The van der Waals surface area contributed by atoms with E-state index in [0.717, 1.165) is 22.3 Å². The van der Waals surface area contributed by atoms with Crippen LogP contribution in [0.2, 0.25) is 0 Å². The third kappa shape index (κ3) is 0.886. The Balaban J connectivity index is 2.43. The van der Waals surface area contributed by atoms with Crippen LogP contribution in [-0.2, 0) is 0 Å². The molecule has 1 radical (unpaired) electrons. The summed E-state index contributed by atoms with van der Waals surface area (Å²) in [5.74, 6) is 1.63. The third-order valence-corrected chi connectivity index (χ3v) is 2.17. The summed E-state index contributed by atoms with van der Waals surface area (Å²) in [6.07, 6.45) is 0. The SMILES string of the molecule is [c]1cccc2ccc3c(c12)OCO3. The zero-order valence-electron chi connectivity index (χ0n) is 6.91. The zero-order chi connectivity index (χ0) is 8.67. The van der Waals surface area contributed by atoms with E-state index in [0.29, 0.717) is 6.79 Å². The summed E-state index contributed by atoms with van der Waals surface area (Å²) in [7, 11) is 0. The van der Waals surface area contributed by atoms with Gasteiger partial charge in [-0.2, -0.15) is 0 Å². The number of benzene rings is 2. The van der Waals surface area contributed by atoms with Crippen LogP contribution in [0.15, 0.2) is 30.3 Å². The largest absolute Gasteiger partial charge is 0.454 e. The number of ether oxygens (including phenoxy) is 2. The van der Waals surface area contributed by atoms with E-state index < -0.39 is 0 Å². The molecular formula is C11H7O2. The van der Waals surface area contributed by atoms with E-state index in [1.165, 1.54) is 0 Å². The van der Waals surface area contributed by atoms with Crippen molar-refractivity contribution >= 4 is 10.8 Å². The molecule has 0 unspecified atom stereocenters. The highest BCUT2D eigenvalue weighted by atomic mass is 16.7. The van der Waals surface area contributed by atoms with Crippen LogP contribution >= 0.6 is 0 Å². The first-order valence-corrected chi connectivity index (χ1v) is 4.14.